The summed E-state index contributed by atoms with van der Waals surface area (Å²) in [5.74, 6) is 2.46. The Morgan fingerprint density at radius 2 is 1.89 bits per heavy atom. The first-order valence-corrected chi connectivity index (χ1v) is 13.1. The maximum Gasteiger partial charge on any atom is 0.410 e. The van der Waals surface area contributed by atoms with Crippen molar-refractivity contribution in [1.29, 1.82) is 0 Å². The van der Waals surface area contributed by atoms with Crippen molar-refractivity contribution in [3.05, 3.63) is 30.7 Å². The molecule has 36 heavy (non-hydrogen) atoms. The van der Waals surface area contributed by atoms with Crippen molar-refractivity contribution in [2.45, 2.75) is 57.7 Å². The van der Waals surface area contributed by atoms with E-state index in [1.165, 1.54) is 0 Å². The van der Waals surface area contributed by atoms with Crippen LogP contribution in [0.4, 0.5) is 4.79 Å². The summed E-state index contributed by atoms with van der Waals surface area (Å²) >= 11 is 1.69. The molecule has 1 saturated heterocycles. The highest BCUT2D eigenvalue weighted by atomic mass is 32.2. The molecule has 3 aromatic rings. The molecule has 0 radical (unpaired) electrons. The lowest BCUT2D eigenvalue weighted by molar-refractivity contribution is 0.0197. The predicted octanol–water partition coefficient (Wildman–Crippen LogP) is 4.34. The van der Waals surface area contributed by atoms with Crippen LogP contribution in [0.1, 0.15) is 40.7 Å². The van der Waals surface area contributed by atoms with Crippen LogP contribution in [-0.2, 0) is 11.3 Å². The molecule has 192 valence electrons. The van der Waals surface area contributed by atoms with Gasteiger partial charge in [-0.25, -0.2) is 23.7 Å². The van der Waals surface area contributed by atoms with Gasteiger partial charge in [-0.05, 0) is 64.8 Å². The zero-order chi connectivity index (χ0) is 25.4. The van der Waals surface area contributed by atoms with E-state index >= 15 is 0 Å². The van der Waals surface area contributed by atoms with E-state index in [1.807, 2.05) is 37.7 Å². The molecule has 0 bridgehead atoms. The molecular formula is C25H33N7O3S. The monoisotopic (exact) mass is 511 g/mol. The van der Waals surface area contributed by atoms with E-state index in [9.17, 15) is 4.79 Å². The number of hydrogen-bond donors (Lipinski definition) is 0. The summed E-state index contributed by atoms with van der Waals surface area (Å²) in [5.41, 5.74) is 1.29. The first-order chi connectivity index (χ1) is 17.2. The van der Waals surface area contributed by atoms with Crippen LogP contribution in [0.5, 0.6) is 5.75 Å². The van der Waals surface area contributed by atoms with Gasteiger partial charge < -0.3 is 18.9 Å². The summed E-state index contributed by atoms with van der Waals surface area (Å²) in [7, 11) is 0. The van der Waals surface area contributed by atoms with Gasteiger partial charge in [-0.1, -0.05) is 0 Å². The summed E-state index contributed by atoms with van der Waals surface area (Å²) in [6, 6.07) is 6.44. The normalized spacial score (nSPS) is 16.3. The molecule has 4 heterocycles. The van der Waals surface area contributed by atoms with Gasteiger partial charge in [0.2, 0.25) is 0 Å². The second kappa shape index (κ2) is 9.78. The molecule has 0 N–H and O–H groups in total. The molecule has 0 aliphatic carbocycles. The van der Waals surface area contributed by atoms with Gasteiger partial charge in [-0.3, -0.25) is 0 Å². The van der Waals surface area contributed by atoms with Gasteiger partial charge in [0.25, 0.3) is 0 Å². The zero-order valence-electron chi connectivity index (χ0n) is 21.5. The number of imidazole rings is 1. The number of hydrogen-bond acceptors (Lipinski definition) is 8. The summed E-state index contributed by atoms with van der Waals surface area (Å²) in [5, 5.41) is 4.36. The van der Waals surface area contributed by atoms with E-state index in [1.54, 1.807) is 23.2 Å². The van der Waals surface area contributed by atoms with Gasteiger partial charge in [-0.2, -0.15) is 5.10 Å². The summed E-state index contributed by atoms with van der Waals surface area (Å²) in [6.45, 7) is 13.9. The molecular weight excluding hydrogens is 478 g/mol. The predicted molar refractivity (Wildman–Crippen MR) is 138 cm³/mol. The number of nitrogens with zero attached hydrogens (tertiary/aromatic N) is 7. The number of carbonyl (C=O) groups is 1. The fourth-order valence-corrected chi connectivity index (χ4v) is 5.22. The average molecular weight is 512 g/mol. The summed E-state index contributed by atoms with van der Waals surface area (Å²) in [4.78, 5) is 24.7. The number of benzene rings is 1. The molecule has 2 aromatic heterocycles. The van der Waals surface area contributed by atoms with Gasteiger partial charge >= 0.3 is 6.09 Å². The van der Waals surface area contributed by atoms with Crippen molar-refractivity contribution in [2.75, 3.05) is 32.8 Å². The third-order valence-electron chi connectivity index (χ3n) is 5.97. The van der Waals surface area contributed by atoms with Crippen LogP contribution in [0.2, 0.25) is 0 Å². The highest BCUT2D eigenvalue weighted by molar-refractivity contribution is 7.97. The van der Waals surface area contributed by atoms with Crippen LogP contribution in [0.25, 0.3) is 22.9 Å². The van der Waals surface area contributed by atoms with E-state index in [-0.39, 0.29) is 12.1 Å². The van der Waals surface area contributed by atoms with Crippen LogP contribution in [0.15, 0.2) is 35.6 Å². The number of aromatic nitrogens is 5. The highest BCUT2D eigenvalue weighted by Crippen LogP contribution is 2.37. The average Bonchev–Trinajstić information content (AvgIpc) is 3.43. The molecule has 5 rings (SSSR count). The van der Waals surface area contributed by atoms with Crippen molar-refractivity contribution in [1.82, 2.24) is 33.5 Å². The van der Waals surface area contributed by atoms with Crippen LogP contribution in [0, 0.1) is 0 Å². The zero-order valence-corrected chi connectivity index (χ0v) is 22.3. The van der Waals surface area contributed by atoms with Gasteiger partial charge in [-0.15, -0.1) is 0 Å². The van der Waals surface area contributed by atoms with E-state index in [0.29, 0.717) is 26.2 Å². The molecule has 1 fully saturated rings. The first-order valence-electron chi connectivity index (χ1n) is 12.3. The number of rotatable bonds is 4. The van der Waals surface area contributed by atoms with E-state index in [0.717, 1.165) is 46.6 Å². The van der Waals surface area contributed by atoms with Gasteiger partial charge in [0.05, 0.1) is 12.1 Å². The Hall–Kier alpha value is -3.05. The van der Waals surface area contributed by atoms with Crippen molar-refractivity contribution < 1.29 is 14.3 Å². The van der Waals surface area contributed by atoms with Gasteiger partial charge in [0.1, 0.15) is 35.8 Å². The number of ether oxygens (including phenoxy) is 2. The smallest absolute Gasteiger partial charge is 0.410 e. The molecule has 2 aliphatic heterocycles. The molecule has 11 heteroatoms. The second-order valence-corrected chi connectivity index (χ2v) is 11.4. The largest absolute Gasteiger partial charge is 0.491 e. The fourth-order valence-electron chi connectivity index (χ4n) is 4.28. The Balaban J connectivity index is 1.33. The summed E-state index contributed by atoms with van der Waals surface area (Å²) in [6.07, 6.45) is 3.37. The van der Waals surface area contributed by atoms with E-state index in [2.05, 4.69) is 44.9 Å². The minimum absolute atomic E-state index is 0.193. The number of fused-ring (bicyclic) bond motifs is 3. The molecule has 0 spiro atoms. The third kappa shape index (κ3) is 5.22. The lowest BCUT2D eigenvalue weighted by Gasteiger charge is -2.34. The summed E-state index contributed by atoms with van der Waals surface area (Å²) < 4.78 is 17.9. The number of carbonyl (C=O) groups excluding carboxylic acids is 1. The van der Waals surface area contributed by atoms with Crippen molar-refractivity contribution in [3.63, 3.8) is 0 Å². The number of amides is 1. The van der Waals surface area contributed by atoms with Crippen molar-refractivity contribution in [2.24, 2.45) is 0 Å². The molecule has 1 amide bonds. The quantitative estimate of drug-likeness (QED) is 0.478. The van der Waals surface area contributed by atoms with Crippen LogP contribution < -0.4 is 4.74 Å². The van der Waals surface area contributed by atoms with Gasteiger partial charge in [0.15, 0.2) is 5.82 Å². The van der Waals surface area contributed by atoms with E-state index < -0.39 is 5.60 Å². The molecule has 0 atom stereocenters. The molecule has 1 aromatic carbocycles. The van der Waals surface area contributed by atoms with Crippen LogP contribution in [-0.4, -0.2) is 78.0 Å². The Morgan fingerprint density at radius 3 is 2.61 bits per heavy atom. The lowest BCUT2D eigenvalue weighted by Crippen LogP contribution is -2.47. The third-order valence-corrected chi connectivity index (χ3v) is 7.06. The Labute approximate surface area is 215 Å². The fraction of sp³-hybridized carbons (Fsp3) is 0.520. The number of piperazine rings is 1. The van der Waals surface area contributed by atoms with Crippen molar-refractivity contribution >= 4 is 18.0 Å². The van der Waals surface area contributed by atoms with E-state index in [4.69, 9.17) is 14.5 Å². The standard InChI is InChI=1S/C25H33N7O3S/c1-17(2)32-23(26-16-27-32)20-15-30-12-13-34-21-7-6-18(14-19(21)22(30)28-20)36-31-10-8-29(9-11-31)24(33)35-25(3,4)5/h6-7,14-17H,8-13H2,1-5H3. The maximum absolute atomic E-state index is 12.4. The molecule has 2 aliphatic rings. The van der Waals surface area contributed by atoms with Gasteiger partial charge in [0, 0.05) is 43.3 Å². The maximum atomic E-state index is 12.4. The molecule has 0 unspecified atom stereocenters. The Kier molecular flexibility index (Phi) is 6.69. The minimum atomic E-state index is -0.483. The van der Waals surface area contributed by atoms with Crippen LogP contribution in [0.3, 0.4) is 0 Å². The Morgan fingerprint density at radius 1 is 1.11 bits per heavy atom. The lowest BCUT2D eigenvalue weighted by atomic mass is 10.2. The van der Waals surface area contributed by atoms with Crippen LogP contribution >= 0.6 is 11.9 Å². The highest BCUT2D eigenvalue weighted by Gasteiger charge is 2.27. The van der Waals surface area contributed by atoms with Crippen molar-refractivity contribution in [3.8, 4) is 28.7 Å². The molecule has 0 saturated carbocycles. The Bertz CT molecular complexity index is 1240. The first kappa shape index (κ1) is 24.6. The minimum Gasteiger partial charge on any atom is -0.491 e. The molecule has 10 nitrogen and oxygen atoms in total. The second-order valence-electron chi connectivity index (χ2n) is 10.3. The topological polar surface area (TPSA) is 90.5 Å². The SMILES string of the molecule is CC(C)n1ncnc1-c1cn2c(n1)-c1cc(SN3CCN(C(=O)OC(C)(C)C)CC3)ccc1OCC2.